The van der Waals surface area contributed by atoms with Gasteiger partial charge in [0.25, 0.3) is 0 Å². The first-order valence-electron chi connectivity index (χ1n) is 5.87. The highest BCUT2D eigenvalue weighted by Gasteiger charge is 2.26. The van der Waals surface area contributed by atoms with Crippen LogP contribution in [-0.4, -0.2) is 11.7 Å². The minimum atomic E-state index is -0.169. The van der Waals surface area contributed by atoms with E-state index in [9.17, 15) is 0 Å². The van der Waals surface area contributed by atoms with E-state index in [0.717, 1.165) is 12.8 Å². The maximum Gasteiger partial charge on any atom is 0.100 e. The minimum absolute atomic E-state index is 0.169. The summed E-state index contributed by atoms with van der Waals surface area (Å²) < 4.78 is 0. The van der Waals surface area contributed by atoms with E-state index < -0.39 is 0 Å². The first-order chi connectivity index (χ1) is 6.52. The van der Waals surface area contributed by atoms with Crippen LogP contribution in [0.4, 0.5) is 0 Å². The summed E-state index contributed by atoms with van der Waals surface area (Å²) in [6.45, 7) is 8.48. The smallest absolute Gasteiger partial charge is 0.100 e. The summed E-state index contributed by atoms with van der Waals surface area (Å²) in [5.74, 6) is 0.478. The molecule has 2 nitrogen and oxygen atoms in total. The Morgan fingerprint density at radius 3 is 2.14 bits per heavy atom. The highest BCUT2D eigenvalue weighted by atomic mass is 17.2. The van der Waals surface area contributed by atoms with Crippen LogP contribution in [0.3, 0.4) is 0 Å². The molecule has 0 unspecified atom stereocenters. The topological polar surface area (TPSA) is 18.5 Å². The van der Waals surface area contributed by atoms with Gasteiger partial charge in [-0.05, 0) is 32.6 Å². The molecule has 1 rings (SSSR count). The van der Waals surface area contributed by atoms with Crippen LogP contribution in [-0.2, 0) is 9.78 Å². The third-order valence-corrected chi connectivity index (χ3v) is 3.34. The van der Waals surface area contributed by atoms with Crippen molar-refractivity contribution in [3.63, 3.8) is 0 Å². The average molecular weight is 200 g/mol. The van der Waals surface area contributed by atoms with Gasteiger partial charge in [0, 0.05) is 0 Å². The fourth-order valence-corrected chi connectivity index (χ4v) is 1.45. The Morgan fingerprint density at radius 2 is 1.64 bits per heavy atom. The molecule has 0 N–H and O–H groups in total. The van der Waals surface area contributed by atoms with E-state index in [2.05, 4.69) is 27.7 Å². The van der Waals surface area contributed by atoms with Gasteiger partial charge in [0.15, 0.2) is 0 Å². The highest BCUT2D eigenvalue weighted by Crippen LogP contribution is 2.25. The Kier molecular flexibility index (Phi) is 4.39. The van der Waals surface area contributed by atoms with Gasteiger partial charge in [-0.1, -0.05) is 33.1 Å². The monoisotopic (exact) mass is 200 g/mol. The zero-order valence-electron chi connectivity index (χ0n) is 10.0. The summed E-state index contributed by atoms with van der Waals surface area (Å²) in [5.41, 5.74) is -0.169. The Hall–Kier alpha value is -0.0800. The highest BCUT2D eigenvalue weighted by molar-refractivity contribution is 4.71. The molecule has 0 aliphatic heterocycles. The van der Waals surface area contributed by atoms with Crippen molar-refractivity contribution in [3.05, 3.63) is 0 Å². The van der Waals surface area contributed by atoms with Gasteiger partial charge in [-0.15, -0.1) is 0 Å². The lowest BCUT2D eigenvalue weighted by Gasteiger charge is -2.31. The van der Waals surface area contributed by atoms with E-state index in [1.54, 1.807) is 0 Å². The van der Waals surface area contributed by atoms with Crippen LogP contribution in [0.2, 0.25) is 0 Å². The second-order valence-electron chi connectivity index (χ2n) is 5.20. The summed E-state index contributed by atoms with van der Waals surface area (Å²) in [7, 11) is 0. The van der Waals surface area contributed by atoms with Crippen molar-refractivity contribution in [1.82, 2.24) is 0 Å². The fourth-order valence-electron chi connectivity index (χ4n) is 1.45. The maximum atomic E-state index is 5.53. The fraction of sp³-hybridized carbons (Fsp3) is 1.00. The van der Waals surface area contributed by atoms with E-state index in [0.29, 0.717) is 12.0 Å². The van der Waals surface area contributed by atoms with Gasteiger partial charge in [-0.25, -0.2) is 9.78 Å². The molecule has 1 aliphatic rings. The summed E-state index contributed by atoms with van der Waals surface area (Å²) >= 11 is 0. The van der Waals surface area contributed by atoms with Gasteiger partial charge < -0.3 is 0 Å². The van der Waals surface area contributed by atoms with Gasteiger partial charge in [0.05, 0.1) is 6.10 Å². The second kappa shape index (κ2) is 5.13. The van der Waals surface area contributed by atoms with Gasteiger partial charge >= 0.3 is 0 Å². The van der Waals surface area contributed by atoms with Crippen LogP contribution >= 0.6 is 0 Å². The van der Waals surface area contributed by atoms with Crippen LogP contribution in [0.1, 0.15) is 59.8 Å². The van der Waals surface area contributed by atoms with Crippen molar-refractivity contribution >= 4 is 0 Å². The molecule has 84 valence electrons. The van der Waals surface area contributed by atoms with E-state index in [-0.39, 0.29) is 5.60 Å². The molecule has 14 heavy (non-hydrogen) atoms. The second-order valence-corrected chi connectivity index (χ2v) is 5.20. The van der Waals surface area contributed by atoms with Crippen molar-refractivity contribution in [2.75, 3.05) is 0 Å². The molecule has 0 amide bonds. The lowest BCUT2D eigenvalue weighted by atomic mass is 9.95. The van der Waals surface area contributed by atoms with Crippen molar-refractivity contribution in [2.24, 2.45) is 5.92 Å². The minimum Gasteiger partial charge on any atom is -0.233 e. The molecule has 1 fully saturated rings. The van der Waals surface area contributed by atoms with E-state index in [1.807, 2.05) is 0 Å². The Morgan fingerprint density at radius 1 is 1.07 bits per heavy atom. The summed E-state index contributed by atoms with van der Waals surface area (Å²) in [5, 5.41) is 0. The zero-order chi connectivity index (χ0) is 10.6. The average Bonchev–Trinajstić information content (AvgIpc) is 2.16. The molecule has 0 heterocycles. The predicted molar refractivity (Wildman–Crippen MR) is 58.0 cm³/mol. The largest absolute Gasteiger partial charge is 0.233 e. The summed E-state index contributed by atoms with van der Waals surface area (Å²) in [4.78, 5) is 11.0. The molecule has 0 aromatic carbocycles. The standard InChI is InChI=1S/C12H24O2/c1-10(2)12(3,4)14-13-11-8-6-5-7-9-11/h10-11H,5-9H2,1-4H3. The molecular formula is C12H24O2. The number of hydrogen-bond donors (Lipinski definition) is 0. The molecule has 0 radical (unpaired) electrons. The normalized spacial score (nSPS) is 20.4. The van der Waals surface area contributed by atoms with E-state index in [1.165, 1.54) is 19.3 Å². The zero-order valence-corrected chi connectivity index (χ0v) is 10.0. The van der Waals surface area contributed by atoms with Gasteiger partial charge in [-0.3, -0.25) is 0 Å². The van der Waals surface area contributed by atoms with Crippen molar-refractivity contribution in [3.8, 4) is 0 Å². The van der Waals surface area contributed by atoms with Crippen molar-refractivity contribution in [2.45, 2.75) is 71.5 Å². The molecule has 0 atom stereocenters. The lowest BCUT2D eigenvalue weighted by molar-refractivity contribution is -0.388. The summed E-state index contributed by atoms with van der Waals surface area (Å²) in [6.07, 6.45) is 6.59. The maximum absolute atomic E-state index is 5.53. The Balaban J connectivity index is 2.24. The Labute approximate surface area is 87.9 Å². The van der Waals surface area contributed by atoms with Crippen LogP contribution in [0.25, 0.3) is 0 Å². The third-order valence-electron chi connectivity index (χ3n) is 3.34. The number of rotatable bonds is 4. The van der Waals surface area contributed by atoms with Gasteiger partial charge in [-0.2, -0.15) is 0 Å². The SMILES string of the molecule is CC(C)C(C)(C)OOC1CCCCC1. The van der Waals surface area contributed by atoms with Crippen LogP contribution < -0.4 is 0 Å². The molecule has 1 aliphatic carbocycles. The first-order valence-corrected chi connectivity index (χ1v) is 5.87. The predicted octanol–water partition coefficient (Wildman–Crippen LogP) is 3.70. The molecule has 0 aromatic rings. The van der Waals surface area contributed by atoms with Crippen LogP contribution in [0.5, 0.6) is 0 Å². The number of hydrogen-bond acceptors (Lipinski definition) is 2. The van der Waals surface area contributed by atoms with Gasteiger partial charge in [0.1, 0.15) is 5.60 Å². The molecule has 0 bridgehead atoms. The Bertz CT molecular complexity index is 158. The third kappa shape index (κ3) is 3.58. The quantitative estimate of drug-likeness (QED) is 0.509. The van der Waals surface area contributed by atoms with Crippen LogP contribution in [0, 0.1) is 5.92 Å². The van der Waals surface area contributed by atoms with Crippen molar-refractivity contribution in [1.29, 1.82) is 0 Å². The lowest BCUT2D eigenvalue weighted by Crippen LogP contribution is -2.33. The molecule has 2 heteroatoms. The molecule has 1 saturated carbocycles. The molecule has 0 spiro atoms. The summed E-state index contributed by atoms with van der Waals surface area (Å²) in [6, 6.07) is 0. The van der Waals surface area contributed by atoms with Gasteiger partial charge in [0.2, 0.25) is 0 Å². The molecule has 0 saturated heterocycles. The van der Waals surface area contributed by atoms with E-state index >= 15 is 0 Å². The molecule has 0 aromatic heterocycles. The van der Waals surface area contributed by atoms with Crippen LogP contribution in [0.15, 0.2) is 0 Å². The first kappa shape index (κ1) is 12.0. The van der Waals surface area contributed by atoms with E-state index in [4.69, 9.17) is 9.78 Å². The van der Waals surface area contributed by atoms with Crippen molar-refractivity contribution < 1.29 is 9.78 Å². The molecular weight excluding hydrogens is 176 g/mol.